The van der Waals surface area contributed by atoms with Crippen LogP contribution in [0.25, 0.3) is 0 Å². The van der Waals surface area contributed by atoms with Crippen LogP contribution < -0.4 is 10.6 Å². The number of benzene rings is 2. The van der Waals surface area contributed by atoms with E-state index < -0.39 is 0 Å². The van der Waals surface area contributed by atoms with E-state index >= 15 is 0 Å². The maximum atomic E-state index is 13.5. The Morgan fingerprint density at radius 1 is 1.06 bits per heavy atom. The number of amides is 2. The standard InChI is InChI=1S/C25H27N3O3/c1-16-7-9-18(10-8-16)25(30)28-12-11-19(13-17-5-3-2-4-6-17)22(28)23-26-21-15-31-14-20(21)24(29)27-23/h2-10,19,22-23,26H,11-15H2,1H3,(H,27,29). The molecule has 3 heterocycles. The first-order valence-electron chi connectivity index (χ1n) is 10.9. The minimum absolute atomic E-state index is 0.0130. The minimum Gasteiger partial charge on any atom is -0.370 e. The van der Waals surface area contributed by atoms with Gasteiger partial charge in [-0.3, -0.25) is 9.59 Å². The van der Waals surface area contributed by atoms with E-state index in [-0.39, 0.29) is 29.9 Å². The average molecular weight is 418 g/mol. The lowest BCUT2D eigenvalue weighted by atomic mass is 9.89. The molecular weight excluding hydrogens is 390 g/mol. The van der Waals surface area contributed by atoms with Crippen molar-refractivity contribution in [3.8, 4) is 0 Å². The molecule has 0 saturated carbocycles. The predicted octanol–water partition coefficient (Wildman–Crippen LogP) is 2.40. The zero-order valence-electron chi connectivity index (χ0n) is 17.6. The van der Waals surface area contributed by atoms with E-state index in [1.165, 1.54) is 5.56 Å². The second-order valence-electron chi connectivity index (χ2n) is 8.64. The van der Waals surface area contributed by atoms with Gasteiger partial charge >= 0.3 is 0 Å². The molecule has 2 aromatic rings. The number of hydrogen-bond acceptors (Lipinski definition) is 4. The topological polar surface area (TPSA) is 70.7 Å². The average Bonchev–Trinajstić information content (AvgIpc) is 3.42. The van der Waals surface area contributed by atoms with E-state index in [2.05, 4.69) is 22.8 Å². The van der Waals surface area contributed by atoms with E-state index in [1.54, 1.807) is 0 Å². The molecule has 2 amide bonds. The third-order valence-electron chi connectivity index (χ3n) is 6.57. The third kappa shape index (κ3) is 3.83. The Kier molecular flexibility index (Phi) is 5.24. The Labute approximate surface area is 182 Å². The summed E-state index contributed by atoms with van der Waals surface area (Å²) in [5.41, 5.74) is 4.57. The summed E-state index contributed by atoms with van der Waals surface area (Å²) in [6.07, 6.45) is 1.42. The highest BCUT2D eigenvalue weighted by Gasteiger charge is 2.45. The number of likely N-dealkylation sites (tertiary alicyclic amines) is 1. The Morgan fingerprint density at radius 3 is 2.61 bits per heavy atom. The second kappa shape index (κ2) is 8.19. The van der Waals surface area contributed by atoms with Gasteiger partial charge in [0.05, 0.1) is 24.8 Å². The molecule has 160 valence electrons. The quantitative estimate of drug-likeness (QED) is 0.802. The van der Waals surface area contributed by atoms with Crippen molar-refractivity contribution in [2.24, 2.45) is 5.92 Å². The molecule has 31 heavy (non-hydrogen) atoms. The van der Waals surface area contributed by atoms with E-state index in [0.717, 1.165) is 24.1 Å². The Morgan fingerprint density at radius 2 is 1.84 bits per heavy atom. The van der Waals surface area contributed by atoms with E-state index in [4.69, 9.17) is 4.74 Å². The first-order valence-corrected chi connectivity index (χ1v) is 10.9. The highest BCUT2D eigenvalue weighted by Crippen LogP contribution is 2.32. The molecule has 5 rings (SSSR count). The molecule has 0 spiro atoms. The molecule has 2 N–H and O–H groups in total. The zero-order valence-corrected chi connectivity index (χ0v) is 17.6. The van der Waals surface area contributed by atoms with Crippen molar-refractivity contribution in [3.63, 3.8) is 0 Å². The number of carbonyl (C=O) groups is 2. The van der Waals surface area contributed by atoms with Gasteiger partial charge in [0.25, 0.3) is 11.8 Å². The van der Waals surface area contributed by atoms with Crippen molar-refractivity contribution in [1.82, 2.24) is 15.5 Å². The second-order valence-corrected chi connectivity index (χ2v) is 8.64. The first-order chi connectivity index (χ1) is 15.1. The van der Waals surface area contributed by atoms with Gasteiger partial charge in [-0.05, 0) is 43.4 Å². The molecule has 3 atom stereocenters. The van der Waals surface area contributed by atoms with Crippen LogP contribution in [0.15, 0.2) is 65.9 Å². The number of nitrogens with one attached hydrogen (secondary N) is 2. The van der Waals surface area contributed by atoms with Gasteiger partial charge in [0, 0.05) is 17.8 Å². The van der Waals surface area contributed by atoms with Gasteiger partial charge < -0.3 is 20.3 Å². The number of hydrogen-bond donors (Lipinski definition) is 2. The monoisotopic (exact) mass is 417 g/mol. The molecule has 0 aromatic heterocycles. The van der Waals surface area contributed by atoms with Gasteiger partial charge in [-0.25, -0.2) is 0 Å². The lowest BCUT2D eigenvalue weighted by molar-refractivity contribution is -0.119. The molecule has 3 aliphatic heterocycles. The molecule has 3 aliphatic rings. The molecule has 0 bridgehead atoms. The van der Waals surface area contributed by atoms with Gasteiger partial charge in [-0.2, -0.15) is 0 Å². The van der Waals surface area contributed by atoms with E-state index in [9.17, 15) is 9.59 Å². The van der Waals surface area contributed by atoms with Crippen LogP contribution in [0, 0.1) is 12.8 Å². The van der Waals surface area contributed by atoms with Crippen molar-refractivity contribution in [2.75, 3.05) is 19.8 Å². The van der Waals surface area contributed by atoms with E-state index in [1.807, 2.05) is 54.3 Å². The summed E-state index contributed by atoms with van der Waals surface area (Å²) in [7, 11) is 0. The first kappa shape index (κ1) is 19.8. The fourth-order valence-electron chi connectivity index (χ4n) is 4.95. The molecule has 6 nitrogen and oxygen atoms in total. The zero-order chi connectivity index (χ0) is 21.4. The molecule has 1 fully saturated rings. The van der Waals surface area contributed by atoms with Crippen molar-refractivity contribution in [1.29, 1.82) is 0 Å². The third-order valence-corrected chi connectivity index (χ3v) is 6.57. The number of aryl methyl sites for hydroxylation is 1. The molecule has 0 radical (unpaired) electrons. The molecule has 2 aromatic carbocycles. The molecular formula is C25H27N3O3. The van der Waals surface area contributed by atoms with Gasteiger partial charge in [0.1, 0.15) is 6.17 Å². The normalized spacial score (nSPS) is 25.3. The Balaban J connectivity index is 1.45. The highest BCUT2D eigenvalue weighted by atomic mass is 16.5. The van der Waals surface area contributed by atoms with Crippen LogP contribution in [-0.2, 0) is 16.0 Å². The maximum Gasteiger partial charge on any atom is 0.254 e. The summed E-state index contributed by atoms with van der Waals surface area (Å²) >= 11 is 0. The van der Waals surface area contributed by atoms with Crippen molar-refractivity contribution >= 4 is 11.8 Å². The predicted molar refractivity (Wildman–Crippen MR) is 117 cm³/mol. The van der Waals surface area contributed by atoms with Crippen molar-refractivity contribution < 1.29 is 14.3 Å². The SMILES string of the molecule is Cc1ccc(C(=O)N2CCC(Cc3ccccc3)C2C2NC(=O)C3=C(COC3)N2)cc1. The van der Waals surface area contributed by atoms with Gasteiger partial charge in [0.2, 0.25) is 0 Å². The van der Waals surface area contributed by atoms with E-state index in [0.29, 0.717) is 30.9 Å². The Hall–Kier alpha value is -3.12. The number of carbonyl (C=O) groups excluding carboxylic acids is 2. The van der Waals surface area contributed by atoms with Crippen LogP contribution in [0.5, 0.6) is 0 Å². The minimum atomic E-state index is -0.335. The van der Waals surface area contributed by atoms with Crippen molar-refractivity contribution in [3.05, 3.63) is 82.6 Å². The van der Waals surface area contributed by atoms with Crippen LogP contribution >= 0.6 is 0 Å². The lowest BCUT2D eigenvalue weighted by Gasteiger charge is -2.38. The molecule has 3 unspecified atom stereocenters. The van der Waals surface area contributed by atoms with Crippen LogP contribution in [0.4, 0.5) is 0 Å². The summed E-state index contributed by atoms with van der Waals surface area (Å²) < 4.78 is 5.47. The fourth-order valence-corrected chi connectivity index (χ4v) is 4.95. The molecule has 1 saturated heterocycles. The van der Waals surface area contributed by atoms with Crippen LogP contribution in [-0.4, -0.2) is 48.7 Å². The van der Waals surface area contributed by atoms with Crippen LogP contribution in [0.3, 0.4) is 0 Å². The summed E-state index contributed by atoms with van der Waals surface area (Å²) in [4.78, 5) is 28.1. The van der Waals surface area contributed by atoms with Crippen LogP contribution in [0.2, 0.25) is 0 Å². The number of ether oxygens (including phenoxy) is 1. The highest BCUT2D eigenvalue weighted by molar-refractivity contribution is 5.97. The largest absolute Gasteiger partial charge is 0.370 e. The van der Waals surface area contributed by atoms with Gasteiger partial charge in [-0.1, -0.05) is 48.0 Å². The molecule has 0 aliphatic carbocycles. The summed E-state index contributed by atoms with van der Waals surface area (Å²) in [6, 6.07) is 17.9. The van der Waals surface area contributed by atoms with Gasteiger partial charge in [0.15, 0.2) is 0 Å². The summed E-state index contributed by atoms with van der Waals surface area (Å²) in [5, 5.41) is 6.59. The summed E-state index contributed by atoms with van der Waals surface area (Å²) in [5.74, 6) is 0.155. The van der Waals surface area contributed by atoms with Gasteiger partial charge in [-0.15, -0.1) is 0 Å². The maximum absolute atomic E-state index is 13.5. The van der Waals surface area contributed by atoms with Crippen molar-refractivity contribution in [2.45, 2.75) is 32.0 Å². The fraction of sp³-hybridized carbons (Fsp3) is 0.360. The smallest absolute Gasteiger partial charge is 0.254 e. The Bertz CT molecular complexity index is 1020. The number of rotatable bonds is 4. The molecule has 6 heteroatoms. The lowest BCUT2D eigenvalue weighted by Crippen LogP contribution is -2.62. The summed E-state index contributed by atoms with van der Waals surface area (Å²) in [6.45, 7) is 3.44. The van der Waals surface area contributed by atoms with Crippen LogP contribution in [0.1, 0.15) is 27.9 Å². The number of nitrogens with zero attached hydrogens (tertiary/aromatic N) is 1.